The summed E-state index contributed by atoms with van der Waals surface area (Å²) < 4.78 is 5.45. The molecule has 6 heteroatoms. The molecule has 5 nitrogen and oxygen atoms in total. The standard InChI is InChI=1S/C18H21NO4S/c1-5-14-19-13(15(24-14)17(22)23-18(2,3)4)10-11-8-6-7-9-12(11)16(20)21/h6-9H,5,10H2,1-4H3,(H,20,21). The van der Waals surface area contributed by atoms with Crippen molar-refractivity contribution in [2.24, 2.45) is 0 Å². The van der Waals surface area contributed by atoms with E-state index in [1.807, 2.05) is 27.7 Å². The summed E-state index contributed by atoms with van der Waals surface area (Å²) >= 11 is 1.31. The van der Waals surface area contributed by atoms with Crippen LogP contribution in [0.2, 0.25) is 0 Å². The summed E-state index contributed by atoms with van der Waals surface area (Å²) in [5.41, 5.74) is 0.824. The summed E-state index contributed by atoms with van der Waals surface area (Å²) in [4.78, 5) is 28.8. The fraction of sp³-hybridized carbons (Fsp3) is 0.389. The summed E-state index contributed by atoms with van der Waals surface area (Å²) in [6, 6.07) is 6.76. The first-order valence-electron chi connectivity index (χ1n) is 7.74. The molecule has 0 fully saturated rings. The van der Waals surface area contributed by atoms with Gasteiger partial charge in [-0.25, -0.2) is 14.6 Å². The molecule has 1 heterocycles. The Kier molecular flexibility index (Phi) is 5.39. The zero-order valence-corrected chi connectivity index (χ0v) is 15.1. The number of nitrogens with zero attached hydrogens (tertiary/aromatic N) is 1. The number of aromatic carboxylic acids is 1. The van der Waals surface area contributed by atoms with E-state index in [-0.39, 0.29) is 12.0 Å². The smallest absolute Gasteiger partial charge is 0.350 e. The summed E-state index contributed by atoms with van der Waals surface area (Å²) in [5, 5.41) is 10.1. The van der Waals surface area contributed by atoms with Crippen molar-refractivity contribution in [1.29, 1.82) is 0 Å². The number of rotatable bonds is 5. The van der Waals surface area contributed by atoms with Gasteiger partial charge < -0.3 is 9.84 Å². The fourth-order valence-electron chi connectivity index (χ4n) is 2.22. The van der Waals surface area contributed by atoms with Crippen molar-refractivity contribution in [3.63, 3.8) is 0 Å². The van der Waals surface area contributed by atoms with Gasteiger partial charge >= 0.3 is 11.9 Å². The van der Waals surface area contributed by atoms with Crippen LogP contribution in [0.5, 0.6) is 0 Å². The van der Waals surface area contributed by atoms with Crippen LogP contribution < -0.4 is 0 Å². The lowest BCUT2D eigenvalue weighted by atomic mass is 10.0. The molecular weight excluding hydrogens is 326 g/mol. The minimum absolute atomic E-state index is 0.221. The minimum Gasteiger partial charge on any atom is -0.478 e. The van der Waals surface area contributed by atoms with Crippen LogP contribution in [0.1, 0.15) is 64.0 Å². The van der Waals surface area contributed by atoms with E-state index in [1.165, 1.54) is 11.3 Å². The Labute approximate surface area is 145 Å². The van der Waals surface area contributed by atoms with Gasteiger partial charge in [-0.1, -0.05) is 25.1 Å². The zero-order chi connectivity index (χ0) is 17.9. The van der Waals surface area contributed by atoms with Gasteiger partial charge in [-0.2, -0.15) is 0 Å². The lowest BCUT2D eigenvalue weighted by Crippen LogP contribution is -2.24. The van der Waals surface area contributed by atoms with E-state index in [0.29, 0.717) is 22.6 Å². The van der Waals surface area contributed by atoms with Gasteiger partial charge in [-0.15, -0.1) is 11.3 Å². The molecule has 0 aliphatic rings. The molecule has 0 spiro atoms. The Balaban J connectivity index is 2.39. The first-order chi connectivity index (χ1) is 11.2. The number of aromatic nitrogens is 1. The van der Waals surface area contributed by atoms with Gasteiger partial charge in [-0.3, -0.25) is 0 Å². The number of benzene rings is 1. The molecule has 0 bridgehead atoms. The van der Waals surface area contributed by atoms with Crippen molar-refractivity contribution in [3.05, 3.63) is 51.0 Å². The highest BCUT2D eigenvalue weighted by molar-refractivity contribution is 7.13. The second-order valence-electron chi connectivity index (χ2n) is 6.38. The van der Waals surface area contributed by atoms with Crippen molar-refractivity contribution in [2.75, 3.05) is 0 Å². The van der Waals surface area contributed by atoms with Gasteiger partial charge in [0, 0.05) is 6.42 Å². The molecule has 0 saturated carbocycles. The number of carbonyl (C=O) groups excluding carboxylic acids is 1. The largest absolute Gasteiger partial charge is 0.478 e. The number of hydrogen-bond donors (Lipinski definition) is 1. The van der Waals surface area contributed by atoms with Crippen LogP contribution in [-0.4, -0.2) is 27.6 Å². The van der Waals surface area contributed by atoms with Gasteiger partial charge in [0.15, 0.2) is 0 Å². The predicted molar refractivity (Wildman–Crippen MR) is 92.9 cm³/mol. The van der Waals surface area contributed by atoms with Gasteiger partial charge in [0.1, 0.15) is 10.5 Å². The maximum atomic E-state index is 12.5. The Morgan fingerprint density at radius 1 is 1.25 bits per heavy atom. The molecule has 0 amide bonds. The second kappa shape index (κ2) is 7.13. The van der Waals surface area contributed by atoms with E-state index >= 15 is 0 Å². The van der Waals surface area contributed by atoms with E-state index < -0.39 is 17.5 Å². The Morgan fingerprint density at radius 3 is 2.50 bits per heavy atom. The molecule has 2 aromatic rings. The van der Waals surface area contributed by atoms with Crippen molar-refractivity contribution in [2.45, 2.75) is 46.1 Å². The highest BCUT2D eigenvalue weighted by Crippen LogP contribution is 2.25. The number of hydrogen-bond acceptors (Lipinski definition) is 5. The average molecular weight is 347 g/mol. The van der Waals surface area contributed by atoms with Crippen LogP contribution in [0, 0.1) is 0 Å². The van der Waals surface area contributed by atoms with Crippen LogP contribution >= 0.6 is 11.3 Å². The topological polar surface area (TPSA) is 76.5 Å². The third kappa shape index (κ3) is 4.41. The summed E-state index contributed by atoms with van der Waals surface area (Å²) in [6.45, 7) is 7.40. The highest BCUT2D eigenvalue weighted by Gasteiger charge is 2.24. The first-order valence-corrected chi connectivity index (χ1v) is 8.56. The number of carboxylic acid groups (broad SMARTS) is 1. The number of carboxylic acids is 1. The van der Waals surface area contributed by atoms with E-state index in [2.05, 4.69) is 4.98 Å². The normalized spacial score (nSPS) is 11.3. The molecule has 0 unspecified atom stereocenters. The summed E-state index contributed by atoms with van der Waals surface area (Å²) in [7, 11) is 0. The molecule has 0 aliphatic carbocycles. The molecule has 0 atom stereocenters. The molecule has 1 N–H and O–H groups in total. The average Bonchev–Trinajstić information content (AvgIpc) is 2.89. The second-order valence-corrected chi connectivity index (χ2v) is 7.46. The van der Waals surface area contributed by atoms with Crippen molar-refractivity contribution in [3.8, 4) is 0 Å². The van der Waals surface area contributed by atoms with Crippen LogP contribution in [0.3, 0.4) is 0 Å². The van der Waals surface area contributed by atoms with Crippen LogP contribution in [-0.2, 0) is 17.6 Å². The van der Waals surface area contributed by atoms with Crippen molar-refractivity contribution >= 4 is 23.3 Å². The molecule has 1 aromatic carbocycles. The van der Waals surface area contributed by atoms with Crippen LogP contribution in [0.4, 0.5) is 0 Å². The number of ether oxygens (including phenoxy) is 1. The molecular formula is C18H21NO4S. The molecule has 1 aromatic heterocycles. The fourth-order valence-corrected chi connectivity index (χ4v) is 3.12. The van der Waals surface area contributed by atoms with Gasteiger partial charge in [0.05, 0.1) is 16.3 Å². The molecule has 24 heavy (non-hydrogen) atoms. The number of esters is 1. The van der Waals surface area contributed by atoms with E-state index in [9.17, 15) is 14.7 Å². The maximum absolute atomic E-state index is 12.5. The molecule has 0 aliphatic heterocycles. The first kappa shape index (κ1) is 18.1. The maximum Gasteiger partial charge on any atom is 0.350 e. The van der Waals surface area contributed by atoms with Crippen molar-refractivity contribution < 1.29 is 19.4 Å². The lowest BCUT2D eigenvalue weighted by molar-refractivity contribution is 0.00738. The van der Waals surface area contributed by atoms with Crippen LogP contribution in [0.15, 0.2) is 24.3 Å². The lowest BCUT2D eigenvalue weighted by Gasteiger charge is -2.19. The van der Waals surface area contributed by atoms with E-state index in [4.69, 9.17) is 4.74 Å². The summed E-state index contributed by atoms with van der Waals surface area (Å²) in [5.74, 6) is -1.40. The predicted octanol–water partition coefficient (Wildman–Crippen LogP) is 3.95. The van der Waals surface area contributed by atoms with Gasteiger partial charge in [-0.05, 0) is 38.8 Å². The monoisotopic (exact) mass is 347 g/mol. The third-order valence-corrected chi connectivity index (χ3v) is 4.46. The van der Waals surface area contributed by atoms with E-state index in [1.54, 1.807) is 24.3 Å². The highest BCUT2D eigenvalue weighted by atomic mass is 32.1. The van der Waals surface area contributed by atoms with Gasteiger partial charge in [0.2, 0.25) is 0 Å². The minimum atomic E-state index is -0.990. The molecule has 0 saturated heterocycles. The number of thiazole rings is 1. The zero-order valence-electron chi connectivity index (χ0n) is 14.3. The van der Waals surface area contributed by atoms with Crippen LogP contribution in [0.25, 0.3) is 0 Å². The Hall–Kier alpha value is -2.21. The number of aryl methyl sites for hydroxylation is 1. The third-order valence-electron chi connectivity index (χ3n) is 3.23. The molecule has 0 radical (unpaired) electrons. The van der Waals surface area contributed by atoms with Crippen molar-refractivity contribution in [1.82, 2.24) is 4.98 Å². The molecule has 128 valence electrons. The number of carbonyl (C=O) groups is 2. The summed E-state index contributed by atoms with van der Waals surface area (Å²) in [6.07, 6.45) is 0.995. The Morgan fingerprint density at radius 2 is 1.92 bits per heavy atom. The SMILES string of the molecule is CCc1nc(Cc2ccccc2C(=O)O)c(C(=O)OC(C)(C)C)s1. The van der Waals surface area contributed by atoms with Gasteiger partial charge in [0.25, 0.3) is 0 Å². The Bertz CT molecular complexity index is 759. The quantitative estimate of drug-likeness (QED) is 0.829. The van der Waals surface area contributed by atoms with E-state index in [0.717, 1.165) is 5.01 Å². The molecule has 2 rings (SSSR count).